The Bertz CT molecular complexity index is 452. The summed E-state index contributed by atoms with van der Waals surface area (Å²) in [6.07, 6.45) is 4.06. The van der Waals surface area contributed by atoms with Crippen molar-refractivity contribution < 1.29 is 9.50 Å². The van der Waals surface area contributed by atoms with Crippen molar-refractivity contribution in [3.63, 3.8) is 0 Å². The third kappa shape index (κ3) is 2.80. The molecule has 18 heavy (non-hydrogen) atoms. The monoisotopic (exact) mass is 248 g/mol. The Morgan fingerprint density at radius 2 is 2.17 bits per heavy atom. The Kier molecular flexibility index (Phi) is 4.16. The number of hydrogen-bond acceptors (Lipinski definition) is 3. The minimum atomic E-state index is -0.377. The lowest BCUT2D eigenvalue weighted by atomic mass is 9.90. The van der Waals surface area contributed by atoms with E-state index in [2.05, 4.69) is 4.90 Å². The van der Waals surface area contributed by atoms with Gasteiger partial charge >= 0.3 is 0 Å². The van der Waals surface area contributed by atoms with Crippen LogP contribution in [0.1, 0.15) is 31.2 Å². The van der Waals surface area contributed by atoms with Crippen molar-refractivity contribution in [2.45, 2.75) is 31.7 Å². The fourth-order valence-electron chi connectivity index (χ4n) is 2.27. The summed E-state index contributed by atoms with van der Waals surface area (Å²) in [5, 5.41) is 17.8. The van der Waals surface area contributed by atoms with E-state index in [1.54, 1.807) is 6.07 Å². The predicted molar refractivity (Wildman–Crippen MR) is 67.8 cm³/mol. The van der Waals surface area contributed by atoms with Crippen molar-refractivity contribution in [3.8, 4) is 6.07 Å². The van der Waals surface area contributed by atoms with Gasteiger partial charge in [-0.25, -0.2) is 4.39 Å². The first-order chi connectivity index (χ1) is 8.74. The highest BCUT2D eigenvalue weighted by Crippen LogP contribution is 2.30. The van der Waals surface area contributed by atoms with Gasteiger partial charge in [0, 0.05) is 24.9 Å². The van der Waals surface area contributed by atoms with E-state index in [9.17, 15) is 4.39 Å². The Hall–Kier alpha value is -1.60. The molecule has 96 valence electrons. The van der Waals surface area contributed by atoms with Crippen molar-refractivity contribution in [1.82, 2.24) is 0 Å². The average molecular weight is 248 g/mol. The maximum absolute atomic E-state index is 13.5. The van der Waals surface area contributed by atoms with Crippen molar-refractivity contribution in [3.05, 3.63) is 29.6 Å². The number of rotatable bonds is 5. The van der Waals surface area contributed by atoms with Gasteiger partial charge in [-0.3, -0.25) is 0 Å². The van der Waals surface area contributed by atoms with Gasteiger partial charge in [0.1, 0.15) is 5.82 Å². The van der Waals surface area contributed by atoms with E-state index in [4.69, 9.17) is 10.4 Å². The highest BCUT2D eigenvalue weighted by molar-refractivity contribution is 5.53. The largest absolute Gasteiger partial charge is 0.396 e. The molecule has 0 aromatic heterocycles. The Morgan fingerprint density at radius 1 is 1.39 bits per heavy atom. The highest BCUT2D eigenvalue weighted by Gasteiger charge is 2.25. The molecule has 1 fully saturated rings. The average Bonchev–Trinajstić information content (AvgIpc) is 2.31. The van der Waals surface area contributed by atoms with E-state index < -0.39 is 0 Å². The molecule has 2 rings (SSSR count). The second kappa shape index (κ2) is 5.83. The molecule has 4 heteroatoms. The summed E-state index contributed by atoms with van der Waals surface area (Å²) in [7, 11) is 0. The van der Waals surface area contributed by atoms with Gasteiger partial charge in [0.25, 0.3) is 0 Å². The van der Waals surface area contributed by atoms with E-state index in [0.29, 0.717) is 24.6 Å². The normalized spacial score (nSPS) is 14.9. The fraction of sp³-hybridized carbons (Fsp3) is 0.500. The van der Waals surface area contributed by atoms with Gasteiger partial charge in [0.05, 0.1) is 11.6 Å². The number of halogens is 1. The van der Waals surface area contributed by atoms with Crippen LogP contribution in [-0.2, 0) is 0 Å². The number of aliphatic hydroxyl groups excluding tert-OH is 1. The first-order valence-corrected chi connectivity index (χ1v) is 6.33. The number of nitriles is 1. The molecule has 0 saturated heterocycles. The van der Waals surface area contributed by atoms with E-state index in [1.165, 1.54) is 18.6 Å². The van der Waals surface area contributed by atoms with Crippen LogP contribution in [0.4, 0.5) is 10.1 Å². The second-order valence-corrected chi connectivity index (χ2v) is 4.67. The Labute approximate surface area is 106 Å². The van der Waals surface area contributed by atoms with Crippen LogP contribution in [0.15, 0.2) is 18.2 Å². The quantitative estimate of drug-likeness (QED) is 0.870. The third-order valence-corrected chi connectivity index (χ3v) is 3.42. The third-order valence-electron chi connectivity index (χ3n) is 3.42. The summed E-state index contributed by atoms with van der Waals surface area (Å²) in [6.45, 7) is 0.832. The van der Waals surface area contributed by atoms with E-state index in [-0.39, 0.29) is 12.4 Å². The molecule has 0 atom stereocenters. The molecule has 1 saturated carbocycles. The lowest BCUT2D eigenvalue weighted by molar-refractivity contribution is 0.283. The zero-order valence-electron chi connectivity index (χ0n) is 10.3. The predicted octanol–water partition coefficient (Wildman–Crippen LogP) is 2.44. The zero-order valence-corrected chi connectivity index (χ0v) is 10.3. The van der Waals surface area contributed by atoms with Crippen LogP contribution in [0.5, 0.6) is 0 Å². The van der Waals surface area contributed by atoms with Crippen LogP contribution in [-0.4, -0.2) is 24.3 Å². The minimum Gasteiger partial charge on any atom is -0.396 e. The second-order valence-electron chi connectivity index (χ2n) is 4.67. The van der Waals surface area contributed by atoms with Crippen LogP contribution < -0.4 is 4.90 Å². The van der Waals surface area contributed by atoms with Gasteiger partial charge in [0.2, 0.25) is 0 Å². The first kappa shape index (κ1) is 12.8. The lowest BCUT2D eigenvalue weighted by Crippen LogP contribution is -2.41. The van der Waals surface area contributed by atoms with E-state index in [0.717, 1.165) is 18.5 Å². The first-order valence-electron chi connectivity index (χ1n) is 6.33. The molecule has 0 aliphatic heterocycles. The van der Waals surface area contributed by atoms with Gasteiger partial charge in [-0.05, 0) is 43.9 Å². The summed E-state index contributed by atoms with van der Waals surface area (Å²) in [5.74, 6) is -0.377. The molecule has 3 nitrogen and oxygen atoms in total. The molecule has 0 heterocycles. The number of anilines is 1. The summed E-state index contributed by atoms with van der Waals surface area (Å²) in [4.78, 5) is 2.11. The molecular formula is C14H17FN2O. The molecule has 1 aliphatic rings. The van der Waals surface area contributed by atoms with Crippen LogP contribution in [0.2, 0.25) is 0 Å². The van der Waals surface area contributed by atoms with Gasteiger partial charge in [-0.15, -0.1) is 0 Å². The van der Waals surface area contributed by atoms with Crippen LogP contribution in [0.25, 0.3) is 0 Å². The molecule has 1 aromatic rings. The van der Waals surface area contributed by atoms with Crippen LogP contribution >= 0.6 is 0 Å². The summed E-state index contributed by atoms with van der Waals surface area (Å²) < 4.78 is 13.5. The van der Waals surface area contributed by atoms with Gasteiger partial charge < -0.3 is 10.0 Å². The van der Waals surface area contributed by atoms with Gasteiger partial charge in [0.15, 0.2) is 0 Å². The summed E-state index contributed by atoms with van der Waals surface area (Å²) in [6, 6.07) is 6.83. The van der Waals surface area contributed by atoms with Crippen LogP contribution in [0.3, 0.4) is 0 Å². The number of aliphatic hydroxyl groups is 1. The Morgan fingerprint density at radius 3 is 2.72 bits per heavy atom. The lowest BCUT2D eigenvalue weighted by Gasteiger charge is -2.39. The maximum Gasteiger partial charge on any atom is 0.126 e. The summed E-state index contributed by atoms with van der Waals surface area (Å²) in [5.41, 5.74) is 1.10. The van der Waals surface area contributed by atoms with Crippen molar-refractivity contribution in [1.29, 1.82) is 5.26 Å². The maximum atomic E-state index is 13.5. The van der Waals surface area contributed by atoms with Gasteiger partial charge in [-0.1, -0.05) is 0 Å². The molecule has 0 radical (unpaired) electrons. The van der Waals surface area contributed by atoms with Crippen molar-refractivity contribution in [2.75, 3.05) is 18.1 Å². The smallest absolute Gasteiger partial charge is 0.126 e. The minimum absolute atomic E-state index is 0.129. The van der Waals surface area contributed by atoms with Crippen LogP contribution in [0, 0.1) is 17.1 Å². The molecule has 0 amide bonds. The van der Waals surface area contributed by atoms with Gasteiger partial charge in [-0.2, -0.15) is 5.26 Å². The molecule has 0 bridgehead atoms. The molecule has 0 unspecified atom stereocenters. The SMILES string of the molecule is N#Cc1cc(F)cc(N(CCCO)C2CCC2)c1. The zero-order chi connectivity index (χ0) is 13.0. The summed E-state index contributed by atoms with van der Waals surface area (Å²) >= 11 is 0. The fourth-order valence-corrected chi connectivity index (χ4v) is 2.27. The van der Waals surface area contributed by atoms with Crippen molar-refractivity contribution >= 4 is 5.69 Å². The standard InChI is InChI=1S/C14H17FN2O/c15-12-7-11(10-16)8-14(9-12)17(5-2-6-18)13-3-1-4-13/h7-9,13,18H,1-6H2. The molecule has 1 N–H and O–H groups in total. The molecule has 0 spiro atoms. The highest BCUT2D eigenvalue weighted by atomic mass is 19.1. The van der Waals surface area contributed by atoms with Crippen molar-refractivity contribution in [2.24, 2.45) is 0 Å². The number of hydrogen-bond donors (Lipinski definition) is 1. The molecule has 1 aliphatic carbocycles. The Balaban J connectivity index is 2.23. The topological polar surface area (TPSA) is 47.3 Å². The molecular weight excluding hydrogens is 231 g/mol. The van der Waals surface area contributed by atoms with E-state index >= 15 is 0 Å². The molecule has 1 aromatic carbocycles. The number of nitrogens with zero attached hydrogens (tertiary/aromatic N) is 2. The van der Waals surface area contributed by atoms with E-state index in [1.807, 2.05) is 6.07 Å². The number of benzene rings is 1.